The molecule has 0 radical (unpaired) electrons. The van der Waals surface area contributed by atoms with Gasteiger partial charge in [-0.25, -0.2) is 4.79 Å². The number of aromatic amines is 1. The van der Waals surface area contributed by atoms with E-state index in [2.05, 4.69) is 16.9 Å². The van der Waals surface area contributed by atoms with Gasteiger partial charge in [0.15, 0.2) is 0 Å². The highest BCUT2D eigenvalue weighted by molar-refractivity contribution is 6.31. The summed E-state index contributed by atoms with van der Waals surface area (Å²) >= 11 is 5.93. The first kappa shape index (κ1) is 10.9. The molecule has 0 saturated carbocycles. The van der Waals surface area contributed by atoms with Crippen LogP contribution in [0.15, 0.2) is 23.0 Å². The minimum atomic E-state index is -0.0546. The molecule has 90 valence electrons. The topological polar surface area (TPSA) is 41.0 Å². The van der Waals surface area contributed by atoms with Gasteiger partial charge in [0.2, 0.25) is 0 Å². The van der Waals surface area contributed by atoms with Crippen LogP contribution in [-0.2, 0) is 0 Å². The van der Waals surface area contributed by atoms with Crippen LogP contribution in [-0.4, -0.2) is 28.0 Å². The van der Waals surface area contributed by atoms with Crippen molar-refractivity contribution in [2.45, 2.75) is 19.0 Å². The molecular weight excluding hydrogens is 238 g/mol. The Labute approximate surface area is 104 Å². The third kappa shape index (κ3) is 1.68. The molecule has 1 aromatic heterocycles. The maximum Gasteiger partial charge on any atom is 0.327 e. The number of halogens is 1. The number of rotatable bonds is 1. The van der Waals surface area contributed by atoms with Gasteiger partial charge < -0.3 is 4.98 Å². The molecule has 0 aliphatic carbocycles. The Balaban J connectivity index is 2.22. The summed E-state index contributed by atoms with van der Waals surface area (Å²) in [6.07, 6.45) is 2.32. The maximum atomic E-state index is 12.0. The van der Waals surface area contributed by atoms with Crippen molar-refractivity contribution in [3.63, 3.8) is 0 Å². The van der Waals surface area contributed by atoms with Gasteiger partial charge in [-0.05, 0) is 44.6 Å². The number of fused-ring (bicyclic) bond motifs is 1. The molecule has 2 heterocycles. The highest BCUT2D eigenvalue weighted by atomic mass is 35.5. The predicted molar refractivity (Wildman–Crippen MR) is 68.5 cm³/mol. The van der Waals surface area contributed by atoms with Gasteiger partial charge >= 0.3 is 5.69 Å². The Kier molecular flexibility index (Phi) is 2.49. The van der Waals surface area contributed by atoms with Gasteiger partial charge in [-0.2, -0.15) is 0 Å². The lowest BCUT2D eigenvalue weighted by Crippen LogP contribution is -2.30. The molecule has 1 saturated heterocycles. The summed E-state index contributed by atoms with van der Waals surface area (Å²) in [5.74, 6) is 0. The summed E-state index contributed by atoms with van der Waals surface area (Å²) in [5.41, 5.74) is 1.68. The van der Waals surface area contributed by atoms with Gasteiger partial charge in [0.1, 0.15) is 0 Å². The predicted octanol–water partition coefficient (Wildman–Crippen LogP) is 2.21. The van der Waals surface area contributed by atoms with E-state index in [4.69, 9.17) is 11.6 Å². The van der Waals surface area contributed by atoms with E-state index in [0.29, 0.717) is 5.02 Å². The van der Waals surface area contributed by atoms with E-state index >= 15 is 0 Å². The zero-order valence-corrected chi connectivity index (χ0v) is 10.4. The summed E-state index contributed by atoms with van der Waals surface area (Å²) in [5, 5.41) is 0.644. The molecule has 1 aliphatic rings. The van der Waals surface area contributed by atoms with Gasteiger partial charge in [-0.1, -0.05) is 11.6 Å². The quantitative estimate of drug-likeness (QED) is 0.844. The van der Waals surface area contributed by atoms with Crippen LogP contribution < -0.4 is 5.69 Å². The summed E-state index contributed by atoms with van der Waals surface area (Å²) in [7, 11) is 2.05. The van der Waals surface area contributed by atoms with Crippen molar-refractivity contribution in [3.8, 4) is 0 Å². The second-order valence-electron chi connectivity index (χ2n) is 4.57. The number of hydrogen-bond acceptors (Lipinski definition) is 2. The number of imidazole rings is 1. The van der Waals surface area contributed by atoms with Crippen LogP contribution in [0.5, 0.6) is 0 Å². The van der Waals surface area contributed by atoms with E-state index in [1.54, 1.807) is 6.07 Å². The number of benzene rings is 1. The summed E-state index contributed by atoms with van der Waals surface area (Å²) in [6.45, 7) is 1.04. The van der Waals surface area contributed by atoms with Gasteiger partial charge in [-0.15, -0.1) is 0 Å². The van der Waals surface area contributed by atoms with Crippen molar-refractivity contribution < 1.29 is 0 Å². The van der Waals surface area contributed by atoms with Gasteiger partial charge in [0.25, 0.3) is 0 Å². The fourth-order valence-corrected chi connectivity index (χ4v) is 2.79. The molecule has 5 heteroatoms. The average Bonchev–Trinajstić information content (AvgIpc) is 2.80. The maximum absolute atomic E-state index is 12.0. The number of H-pyrrole nitrogens is 1. The van der Waals surface area contributed by atoms with E-state index in [1.807, 2.05) is 16.7 Å². The molecule has 0 spiro atoms. The van der Waals surface area contributed by atoms with Crippen LogP contribution in [0.1, 0.15) is 19.0 Å². The molecule has 4 nitrogen and oxygen atoms in total. The third-order valence-electron chi connectivity index (χ3n) is 3.46. The average molecular weight is 252 g/mol. The molecule has 1 fully saturated rings. The van der Waals surface area contributed by atoms with Crippen LogP contribution in [0.25, 0.3) is 11.0 Å². The van der Waals surface area contributed by atoms with E-state index in [9.17, 15) is 4.79 Å². The van der Waals surface area contributed by atoms with Crippen molar-refractivity contribution >= 4 is 22.6 Å². The molecular formula is C12H14ClN3O. The van der Waals surface area contributed by atoms with Crippen LogP contribution in [0.3, 0.4) is 0 Å². The second kappa shape index (κ2) is 3.89. The number of nitrogens with one attached hydrogen (secondary N) is 1. The zero-order valence-electron chi connectivity index (χ0n) is 9.61. The standard InChI is InChI=1S/C12H14ClN3O/c1-15-6-2-3-11(15)16-10-5-4-8(13)7-9(10)14-12(16)17/h4-5,7,11H,2-3,6H2,1H3,(H,14,17). The number of aromatic nitrogens is 2. The molecule has 2 aromatic rings. The van der Waals surface area contributed by atoms with Crippen molar-refractivity contribution in [1.29, 1.82) is 0 Å². The van der Waals surface area contributed by atoms with Crippen LogP contribution >= 0.6 is 11.6 Å². The minimum Gasteiger partial charge on any atom is -0.305 e. The summed E-state index contributed by atoms with van der Waals surface area (Å²) in [4.78, 5) is 17.1. The molecule has 1 aromatic carbocycles. The number of hydrogen-bond donors (Lipinski definition) is 1. The zero-order chi connectivity index (χ0) is 12.0. The highest BCUT2D eigenvalue weighted by Gasteiger charge is 2.25. The lowest BCUT2D eigenvalue weighted by molar-refractivity contribution is 0.238. The molecule has 17 heavy (non-hydrogen) atoms. The fourth-order valence-electron chi connectivity index (χ4n) is 2.62. The number of nitrogens with zero attached hydrogens (tertiary/aromatic N) is 2. The first-order valence-electron chi connectivity index (χ1n) is 5.77. The molecule has 1 atom stereocenters. The van der Waals surface area contributed by atoms with E-state index in [-0.39, 0.29) is 11.9 Å². The van der Waals surface area contributed by atoms with Gasteiger partial charge in [0, 0.05) is 5.02 Å². The van der Waals surface area contributed by atoms with E-state index < -0.39 is 0 Å². The van der Waals surface area contributed by atoms with Gasteiger partial charge in [0.05, 0.1) is 17.2 Å². The molecule has 1 aliphatic heterocycles. The SMILES string of the molecule is CN1CCCC1n1c(=O)[nH]c2cc(Cl)ccc21. The monoisotopic (exact) mass is 251 g/mol. The first-order chi connectivity index (χ1) is 8.16. The molecule has 1 N–H and O–H groups in total. The summed E-state index contributed by atoms with van der Waals surface area (Å²) < 4.78 is 1.83. The smallest absolute Gasteiger partial charge is 0.305 e. The molecule has 0 amide bonds. The minimum absolute atomic E-state index is 0.0546. The Morgan fingerprint density at radius 1 is 1.47 bits per heavy atom. The normalized spacial score (nSPS) is 21.4. The molecule has 0 bridgehead atoms. The molecule has 3 rings (SSSR count). The van der Waals surface area contributed by atoms with Crippen molar-refractivity contribution in [2.24, 2.45) is 0 Å². The fraction of sp³-hybridized carbons (Fsp3) is 0.417. The van der Waals surface area contributed by atoms with Crippen molar-refractivity contribution in [2.75, 3.05) is 13.6 Å². The highest BCUT2D eigenvalue weighted by Crippen LogP contribution is 2.27. The van der Waals surface area contributed by atoms with Crippen LogP contribution in [0.4, 0.5) is 0 Å². The van der Waals surface area contributed by atoms with Gasteiger partial charge in [-0.3, -0.25) is 9.47 Å². The lowest BCUT2D eigenvalue weighted by atomic mass is 10.3. The van der Waals surface area contributed by atoms with Crippen molar-refractivity contribution in [1.82, 2.24) is 14.5 Å². The Morgan fingerprint density at radius 3 is 3.00 bits per heavy atom. The molecule has 1 unspecified atom stereocenters. The lowest BCUT2D eigenvalue weighted by Gasteiger charge is -2.20. The van der Waals surface area contributed by atoms with E-state index in [1.165, 1.54) is 0 Å². The third-order valence-corrected chi connectivity index (χ3v) is 3.69. The second-order valence-corrected chi connectivity index (χ2v) is 5.00. The van der Waals surface area contributed by atoms with E-state index in [0.717, 1.165) is 30.4 Å². The van der Waals surface area contributed by atoms with Crippen LogP contribution in [0, 0.1) is 0 Å². The van der Waals surface area contributed by atoms with Crippen LogP contribution in [0.2, 0.25) is 5.02 Å². The Morgan fingerprint density at radius 2 is 2.29 bits per heavy atom. The number of likely N-dealkylation sites (tertiary alicyclic amines) is 1. The first-order valence-corrected chi connectivity index (χ1v) is 6.14. The Bertz CT molecular complexity index is 616. The Hall–Kier alpha value is -1.26. The van der Waals surface area contributed by atoms with Crippen molar-refractivity contribution in [3.05, 3.63) is 33.7 Å². The largest absolute Gasteiger partial charge is 0.327 e. The summed E-state index contributed by atoms with van der Waals surface area (Å²) in [6, 6.07) is 5.52.